The first-order chi connectivity index (χ1) is 14.6. The van der Waals surface area contributed by atoms with E-state index in [1.54, 1.807) is 0 Å². The van der Waals surface area contributed by atoms with Crippen LogP contribution in [0.1, 0.15) is 25.8 Å². The summed E-state index contributed by atoms with van der Waals surface area (Å²) in [6.45, 7) is 8.12. The van der Waals surface area contributed by atoms with Crippen LogP contribution in [0.15, 0.2) is 75.4 Å². The first-order valence-corrected chi connectivity index (χ1v) is 10.7. The lowest BCUT2D eigenvalue weighted by Gasteiger charge is -2.29. The largest absolute Gasteiger partial charge is 0.422 e. The summed E-state index contributed by atoms with van der Waals surface area (Å²) in [5.74, 6) is 0.227. The molecule has 1 aromatic heterocycles. The monoisotopic (exact) mass is 401 g/mol. The molecule has 3 aliphatic heterocycles. The van der Waals surface area contributed by atoms with Gasteiger partial charge in [-0.3, -0.25) is 0 Å². The summed E-state index contributed by atoms with van der Waals surface area (Å²) >= 11 is 0. The van der Waals surface area contributed by atoms with Gasteiger partial charge in [0.25, 0.3) is 0 Å². The SMILES string of the molecule is CC1=CN2C=C(c3cc4ccc(N5CCNCC5)cc4oc3=O)C(C)CC=C2C=C1. The third kappa shape index (κ3) is 3.50. The molecule has 1 fully saturated rings. The maximum atomic E-state index is 13.0. The van der Waals surface area contributed by atoms with E-state index in [4.69, 9.17) is 4.42 Å². The van der Waals surface area contributed by atoms with Gasteiger partial charge in [-0.25, -0.2) is 4.79 Å². The quantitative estimate of drug-likeness (QED) is 0.763. The van der Waals surface area contributed by atoms with Crippen molar-refractivity contribution in [3.8, 4) is 0 Å². The highest BCUT2D eigenvalue weighted by Gasteiger charge is 2.22. The van der Waals surface area contributed by atoms with Crippen molar-refractivity contribution >= 4 is 22.2 Å². The van der Waals surface area contributed by atoms with Crippen LogP contribution in [-0.2, 0) is 0 Å². The number of allylic oxidation sites excluding steroid dienone is 5. The van der Waals surface area contributed by atoms with Crippen molar-refractivity contribution in [2.24, 2.45) is 5.92 Å². The third-order valence-corrected chi connectivity index (χ3v) is 6.16. The molecule has 0 spiro atoms. The number of hydrogen-bond acceptors (Lipinski definition) is 5. The topological polar surface area (TPSA) is 48.7 Å². The van der Waals surface area contributed by atoms with Crippen molar-refractivity contribution in [3.63, 3.8) is 0 Å². The molecule has 5 rings (SSSR count). The maximum absolute atomic E-state index is 13.0. The number of fused-ring (bicyclic) bond motifs is 2. The Kier molecular flexibility index (Phi) is 4.83. The number of hydrogen-bond donors (Lipinski definition) is 1. The van der Waals surface area contributed by atoms with E-state index in [0.717, 1.165) is 54.9 Å². The Hall–Kier alpha value is -3.05. The number of nitrogens with zero attached hydrogens (tertiary/aromatic N) is 2. The van der Waals surface area contributed by atoms with Gasteiger partial charge in [-0.1, -0.05) is 19.1 Å². The smallest absolute Gasteiger partial charge is 0.343 e. The van der Waals surface area contributed by atoms with Crippen LogP contribution in [-0.4, -0.2) is 31.1 Å². The third-order valence-electron chi connectivity index (χ3n) is 6.16. The fourth-order valence-corrected chi connectivity index (χ4v) is 4.38. The molecule has 1 unspecified atom stereocenters. The molecule has 1 N–H and O–H groups in total. The molecular formula is C25H27N3O2. The zero-order chi connectivity index (χ0) is 20.7. The van der Waals surface area contributed by atoms with Gasteiger partial charge < -0.3 is 19.5 Å². The summed E-state index contributed by atoms with van der Waals surface area (Å²) in [5.41, 5.74) is 5.49. The van der Waals surface area contributed by atoms with Crippen LogP contribution in [0.3, 0.4) is 0 Å². The van der Waals surface area contributed by atoms with Crippen molar-refractivity contribution in [1.29, 1.82) is 0 Å². The van der Waals surface area contributed by atoms with Gasteiger partial charge in [-0.15, -0.1) is 0 Å². The number of rotatable bonds is 2. The molecule has 1 aromatic carbocycles. The van der Waals surface area contributed by atoms with Crippen LogP contribution >= 0.6 is 0 Å². The Labute approximate surface area is 176 Å². The lowest BCUT2D eigenvalue weighted by Crippen LogP contribution is -2.43. The van der Waals surface area contributed by atoms with Crippen LogP contribution < -0.4 is 15.8 Å². The Bertz CT molecular complexity index is 1160. The summed E-state index contributed by atoms with van der Waals surface area (Å²) in [4.78, 5) is 17.4. The molecule has 0 bridgehead atoms. The highest BCUT2D eigenvalue weighted by atomic mass is 16.4. The molecule has 0 saturated carbocycles. The van der Waals surface area contributed by atoms with Gasteiger partial charge in [-0.2, -0.15) is 0 Å². The minimum atomic E-state index is -0.269. The molecule has 5 heteroatoms. The molecule has 154 valence electrons. The lowest BCUT2D eigenvalue weighted by molar-refractivity contribution is 0.554. The molecule has 0 amide bonds. The second kappa shape index (κ2) is 7.65. The predicted molar refractivity (Wildman–Crippen MR) is 122 cm³/mol. The fraction of sp³-hybridized carbons (Fsp3) is 0.320. The van der Waals surface area contributed by atoms with E-state index in [0.29, 0.717) is 11.1 Å². The standard InChI is InChI=1S/C25H27N3O2/c1-17-3-6-20-7-4-18(2)23(16-28(20)15-17)22-13-19-5-8-21(14-24(19)30-25(22)29)27-11-9-26-10-12-27/h3,5-8,13-16,18,26H,4,9-12H2,1-2H3. The van der Waals surface area contributed by atoms with E-state index in [1.165, 1.54) is 5.57 Å². The summed E-state index contributed by atoms with van der Waals surface area (Å²) < 4.78 is 5.82. The molecule has 1 atom stereocenters. The van der Waals surface area contributed by atoms with Crippen molar-refractivity contribution in [2.75, 3.05) is 31.1 Å². The fourth-order valence-electron chi connectivity index (χ4n) is 4.38. The van der Waals surface area contributed by atoms with Gasteiger partial charge in [0.1, 0.15) is 5.58 Å². The van der Waals surface area contributed by atoms with Gasteiger partial charge in [0.05, 0.1) is 5.56 Å². The van der Waals surface area contributed by atoms with E-state index in [1.807, 2.05) is 12.1 Å². The van der Waals surface area contributed by atoms with Gasteiger partial charge in [0, 0.05) is 61.4 Å². The van der Waals surface area contributed by atoms with Crippen LogP contribution in [0.2, 0.25) is 0 Å². The van der Waals surface area contributed by atoms with Gasteiger partial charge in [0.15, 0.2) is 0 Å². The average Bonchev–Trinajstić information content (AvgIpc) is 2.92. The molecule has 0 radical (unpaired) electrons. The summed E-state index contributed by atoms with van der Waals surface area (Å²) in [6, 6.07) is 8.19. The van der Waals surface area contributed by atoms with E-state index < -0.39 is 0 Å². The zero-order valence-corrected chi connectivity index (χ0v) is 17.5. The Morgan fingerprint density at radius 1 is 1.10 bits per heavy atom. The highest BCUT2D eigenvalue weighted by molar-refractivity contribution is 5.84. The highest BCUT2D eigenvalue weighted by Crippen LogP contribution is 2.33. The molecule has 4 heterocycles. The zero-order valence-electron chi connectivity index (χ0n) is 17.5. The summed E-state index contributed by atoms with van der Waals surface area (Å²) in [7, 11) is 0. The Morgan fingerprint density at radius 2 is 1.93 bits per heavy atom. The van der Waals surface area contributed by atoms with E-state index in [9.17, 15) is 4.79 Å². The van der Waals surface area contributed by atoms with Crippen molar-refractivity contribution < 1.29 is 4.42 Å². The van der Waals surface area contributed by atoms with Gasteiger partial charge in [0.2, 0.25) is 0 Å². The van der Waals surface area contributed by atoms with Crippen molar-refractivity contribution in [2.45, 2.75) is 20.3 Å². The number of nitrogens with one attached hydrogen (secondary N) is 1. The molecule has 3 aliphatic rings. The van der Waals surface area contributed by atoms with Crippen molar-refractivity contribution in [1.82, 2.24) is 10.2 Å². The first-order valence-electron chi connectivity index (χ1n) is 10.7. The predicted octanol–water partition coefficient (Wildman–Crippen LogP) is 4.24. The normalized spacial score (nSPS) is 21.7. The number of piperazine rings is 1. The van der Waals surface area contributed by atoms with E-state index >= 15 is 0 Å². The van der Waals surface area contributed by atoms with Crippen LogP contribution in [0.4, 0.5) is 5.69 Å². The lowest BCUT2D eigenvalue weighted by atomic mass is 9.93. The summed E-state index contributed by atoms with van der Waals surface area (Å²) in [5, 5.41) is 4.33. The number of anilines is 1. The Morgan fingerprint density at radius 3 is 2.77 bits per heavy atom. The minimum Gasteiger partial charge on any atom is -0.422 e. The minimum absolute atomic E-state index is 0.227. The maximum Gasteiger partial charge on any atom is 0.343 e. The summed E-state index contributed by atoms with van der Waals surface area (Å²) in [6.07, 6.45) is 11.6. The Balaban J connectivity index is 1.54. The van der Waals surface area contributed by atoms with Gasteiger partial charge >= 0.3 is 5.63 Å². The van der Waals surface area contributed by atoms with Crippen LogP contribution in [0.25, 0.3) is 16.5 Å². The molecule has 2 aromatic rings. The van der Waals surface area contributed by atoms with Crippen LogP contribution in [0, 0.1) is 5.92 Å². The van der Waals surface area contributed by atoms with E-state index in [-0.39, 0.29) is 11.5 Å². The average molecular weight is 402 g/mol. The van der Waals surface area contributed by atoms with Gasteiger partial charge in [-0.05, 0) is 54.7 Å². The van der Waals surface area contributed by atoms with Crippen molar-refractivity contribution in [3.05, 3.63) is 82.1 Å². The second-order valence-electron chi connectivity index (χ2n) is 8.37. The van der Waals surface area contributed by atoms with Crippen LogP contribution in [0.5, 0.6) is 0 Å². The second-order valence-corrected chi connectivity index (χ2v) is 8.37. The molecule has 5 nitrogen and oxygen atoms in total. The molecule has 0 aliphatic carbocycles. The first kappa shape index (κ1) is 18.9. The molecular weight excluding hydrogens is 374 g/mol. The molecule has 1 saturated heterocycles. The number of benzene rings is 1. The van der Waals surface area contributed by atoms with E-state index in [2.05, 4.69) is 71.7 Å². The molecule has 30 heavy (non-hydrogen) atoms.